The summed E-state index contributed by atoms with van der Waals surface area (Å²) in [4.78, 5) is 2.71. The predicted molar refractivity (Wildman–Crippen MR) is 90.4 cm³/mol. The first-order valence-electron chi connectivity index (χ1n) is 9.33. The van der Waals surface area contributed by atoms with Crippen LogP contribution >= 0.6 is 0 Å². The van der Waals surface area contributed by atoms with E-state index in [-0.39, 0.29) is 0 Å². The second-order valence-electron chi connectivity index (χ2n) is 6.53. The highest BCUT2D eigenvalue weighted by atomic mass is 15.2. The molecule has 2 nitrogen and oxygen atoms in total. The Bertz CT molecular complexity index is 202. The third kappa shape index (κ3) is 8.26. The molecule has 1 heterocycles. The van der Waals surface area contributed by atoms with Crippen LogP contribution in [-0.4, -0.2) is 37.1 Å². The second kappa shape index (κ2) is 12.6. The first-order valence-corrected chi connectivity index (χ1v) is 9.33. The number of rotatable bonds is 14. The van der Waals surface area contributed by atoms with E-state index in [9.17, 15) is 0 Å². The van der Waals surface area contributed by atoms with Crippen molar-refractivity contribution in [2.24, 2.45) is 0 Å². The molecule has 0 atom stereocenters. The van der Waals surface area contributed by atoms with Gasteiger partial charge in [-0.2, -0.15) is 0 Å². The average molecular weight is 283 g/mol. The number of nitrogens with zero attached hydrogens (tertiary/aromatic N) is 1. The van der Waals surface area contributed by atoms with Crippen LogP contribution in [0.1, 0.15) is 84.5 Å². The van der Waals surface area contributed by atoms with E-state index in [1.165, 1.54) is 96.8 Å². The van der Waals surface area contributed by atoms with E-state index in [1.807, 2.05) is 0 Å². The van der Waals surface area contributed by atoms with Gasteiger partial charge in [-0.25, -0.2) is 0 Å². The molecule has 1 saturated heterocycles. The van der Waals surface area contributed by atoms with E-state index < -0.39 is 0 Å². The Morgan fingerprint density at radius 3 is 1.70 bits per heavy atom. The Hall–Kier alpha value is -0.0800. The Labute approximate surface area is 127 Å². The third-order valence-electron chi connectivity index (χ3n) is 4.59. The SMILES string of the molecule is CCCCCCCCCCCCN(CCC)C1CNC1. The van der Waals surface area contributed by atoms with Crippen molar-refractivity contribution in [2.75, 3.05) is 26.2 Å². The Kier molecular flexibility index (Phi) is 11.4. The van der Waals surface area contributed by atoms with Crippen LogP contribution in [0.4, 0.5) is 0 Å². The van der Waals surface area contributed by atoms with Gasteiger partial charge in [-0.1, -0.05) is 71.6 Å². The Balaban J connectivity index is 1.85. The summed E-state index contributed by atoms with van der Waals surface area (Å²) in [6.07, 6.45) is 15.7. The van der Waals surface area contributed by atoms with E-state index >= 15 is 0 Å². The number of hydrogen-bond donors (Lipinski definition) is 1. The number of hydrogen-bond acceptors (Lipinski definition) is 2. The zero-order valence-electron chi connectivity index (χ0n) is 14.1. The molecule has 0 aromatic rings. The van der Waals surface area contributed by atoms with Crippen molar-refractivity contribution in [3.63, 3.8) is 0 Å². The lowest BCUT2D eigenvalue weighted by atomic mass is 10.1. The summed E-state index contributed by atoms with van der Waals surface area (Å²) >= 11 is 0. The van der Waals surface area contributed by atoms with Gasteiger partial charge >= 0.3 is 0 Å². The molecule has 0 radical (unpaired) electrons. The Morgan fingerprint density at radius 2 is 1.25 bits per heavy atom. The van der Waals surface area contributed by atoms with Gasteiger partial charge in [0, 0.05) is 19.1 Å². The fourth-order valence-corrected chi connectivity index (χ4v) is 3.10. The molecule has 120 valence electrons. The minimum Gasteiger partial charge on any atom is -0.314 e. The van der Waals surface area contributed by atoms with Crippen molar-refractivity contribution in [1.82, 2.24) is 10.2 Å². The molecule has 1 aliphatic heterocycles. The van der Waals surface area contributed by atoms with Gasteiger partial charge in [0.2, 0.25) is 0 Å². The van der Waals surface area contributed by atoms with Crippen molar-refractivity contribution < 1.29 is 0 Å². The first kappa shape index (κ1) is 18.0. The highest BCUT2D eigenvalue weighted by molar-refractivity contribution is 4.84. The van der Waals surface area contributed by atoms with E-state index in [2.05, 4.69) is 24.1 Å². The van der Waals surface area contributed by atoms with Crippen LogP contribution in [0.3, 0.4) is 0 Å². The lowest BCUT2D eigenvalue weighted by molar-refractivity contribution is 0.142. The molecule has 20 heavy (non-hydrogen) atoms. The van der Waals surface area contributed by atoms with Crippen molar-refractivity contribution in [3.05, 3.63) is 0 Å². The monoisotopic (exact) mass is 282 g/mol. The molecular formula is C18H38N2. The van der Waals surface area contributed by atoms with Gasteiger partial charge < -0.3 is 5.32 Å². The smallest absolute Gasteiger partial charge is 0.0345 e. The minimum absolute atomic E-state index is 0.841. The van der Waals surface area contributed by atoms with Crippen LogP contribution < -0.4 is 5.32 Å². The standard InChI is InChI=1S/C18H38N2/c1-3-5-6-7-8-9-10-11-12-13-15-20(14-4-2)18-16-19-17-18/h18-19H,3-17H2,1-2H3. The first-order chi connectivity index (χ1) is 9.88. The van der Waals surface area contributed by atoms with E-state index in [4.69, 9.17) is 0 Å². The summed E-state index contributed by atoms with van der Waals surface area (Å²) in [7, 11) is 0. The van der Waals surface area contributed by atoms with Crippen LogP contribution in [-0.2, 0) is 0 Å². The normalized spacial score (nSPS) is 15.8. The summed E-state index contributed by atoms with van der Waals surface area (Å²) in [6.45, 7) is 9.66. The highest BCUT2D eigenvalue weighted by Crippen LogP contribution is 2.12. The van der Waals surface area contributed by atoms with Crippen molar-refractivity contribution in [1.29, 1.82) is 0 Å². The molecule has 0 amide bonds. The van der Waals surface area contributed by atoms with Crippen LogP contribution in [0.25, 0.3) is 0 Å². The molecule has 0 bridgehead atoms. The maximum absolute atomic E-state index is 3.40. The average Bonchev–Trinajstić information content (AvgIpc) is 2.39. The lowest BCUT2D eigenvalue weighted by Crippen LogP contribution is -2.57. The molecule has 0 aromatic carbocycles. The molecule has 0 aliphatic carbocycles. The predicted octanol–water partition coefficient (Wildman–Crippen LogP) is 4.59. The lowest BCUT2D eigenvalue weighted by Gasteiger charge is -2.38. The minimum atomic E-state index is 0.841. The summed E-state index contributed by atoms with van der Waals surface area (Å²) < 4.78 is 0. The fourth-order valence-electron chi connectivity index (χ4n) is 3.10. The van der Waals surface area contributed by atoms with Gasteiger partial charge in [0.05, 0.1) is 0 Å². The van der Waals surface area contributed by atoms with Crippen molar-refractivity contribution in [2.45, 2.75) is 90.5 Å². The third-order valence-corrected chi connectivity index (χ3v) is 4.59. The van der Waals surface area contributed by atoms with Crippen molar-refractivity contribution in [3.8, 4) is 0 Å². The zero-order valence-corrected chi connectivity index (χ0v) is 14.1. The molecular weight excluding hydrogens is 244 g/mol. The summed E-state index contributed by atoms with van der Waals surface area (Å²) in [5.74, 6) is 0. The van der Waals surface area contributed by atoms with Gasteiger partial charge in [0.15, 0.2) is 0 Å². The van der Waals surface area contributed by atoms with Gasteiger partial charge in [0.1, 0.15) is 0 Å². The largest absolute Gasteiger partial charge is 0.314 e. The highest BCUT2D eigenvalue weighted by Gasteiger charge is 2.22. The number of nitrogens with one attached hydrogen (secondary N) is 1. The maximum Gasteiger partial charge on any atom is 0.0345 e. The topological polar surface area (TPSA) is 15.3 Å². The molecule has 2 heteroatoms. The van der Waals surface area contributed by atoms with E-state index in [0.717, 1.165) is 6.04 Å². The van der Waals surface area contributed by atoms with Crippen LogP contribution in [0.5, 0.6) is 0 Å². The van der Waals surface area contributed by atoms with Gasteiger partial charge in [0.25, 0.3) is 0 Å². The Morgan fingerprint density at radius 1 is 0.700 bits per heavy atom. The molecule has 1 aliphatic rings. The molecule has 1 N–H and O–H groups in total. The van der Waals surface area contributed by atoms with E-state index in [0.29, 0.717) is 0 Å². The maximum atomic E-state index is 3.40. The second-order valence-corrected chi connectivity index (χ2v) is 6.53. The molecule has 0 aromatic heterocycles. The summed E-state index contributed by atoms with van der Waals surface area (Å²) in [6, 6.07) is 0.841. The van der Waals surface area contributed by atoms with Crippen LogP contribution in [0.15, 0.2) is 0 Å². The van der Waals surface area contributed by atoms with Gasteiger partial charge in [-0.05, 0) is 25.9 Å². The molecule has 1 rings (SSSR count). The zero-order chi connectivity index (χ0) is 14.5. The fraction of sp³-hybridized carbons (Fsp3) is 1.00. The quantitative estimate of drug-likeness (QED) is 0.469. The van der Waals surface area contributed by atoms with E-state index in [1.54, 1.807) is 0 Å². The van der Waals surface area contributed by atoms with Gasteiger partial charge in [-0.15, -0.1) is 0 Å². The summed E-state index contributed by atoms with van der Waals surface area (Å²) in [5, 5.41) is 3.40. The van der Waals surface area contributed by atoms with Crippen LogP contribution in [0.2, 0.25) is 0 Å². The molecule has 1 fully saturated rings. The molecule has 0 unspecified atom stereocenters. The van der Waals surface area contributed by atoms with Gasteiger partial charge in [-0.3, -0.25) is 4.90 Å². The van der Waals surface area contributed by atoms with Crippen LogP contribution in [0, 0.1) is 0 Å². The number of unbranched alkanes of at least 4 members (excludes halogenated alkanes) is 9. The summed E-state index contributed by atoms with van der Waals surface area (Å²) in [5.41, 5.74) is 0. The van der Waals surface area contributed by atoms with Crippen molar-refractivity contribution >= 4 is 0 Å². The molecule has 0 spiro atoms. The molecule has 0 saturated carbocycles.